The first-order valence-corrected chi connectivity index (χ1v) is 14.3. The number of hydrogen-bond acceptors (Lipinski definition) is 3. The van der Waals surface area contributed by atoms with Gasteiger partial charge in [0.25, 0.3) is 0 Å². The Kier molecular flexibility index (Phi) is 15.0. The van der Waals surface area contributed by atoms with Crippen molar-refractivity contribution in [2.24, 2.45) is 0 Å². The number of carboxylic acids is 1. The molecule has 1 heterocycles. The largest absolute Gasteiger partial charge is 0.478 e. The van der Waals surface area contributed by atoms with E-state index in [0.717, 1.165) is 48.2 Å². The number of aromatic nitrogens is 2. The fraction of sp³-hybridized carbons (Fsp3) is 0.645. The zero-order valence-corrected chi connectivity index (χ0v) is 22.4. The highest BCUT2D eigenvalue weighted by molar-refractivity contribution is 5.90. The lowest BCUT2D eigenvalue weighted by molar-refractivity contribution is 0.0695. The zero-order chi connectivity index (χ0) is 25.1. The summed E-state index contributed by atoms with van der Waals surface area (Å²) >= 11 is 0. The Morgan fingerprint density at radius 1 is 0.686 bits per heavy atom. The molecule has 1 aromatic heterocycles. The lowest BCUT2D eigenvalue weighted by atomic mass is 9.97. The summed E-state index contributed by atoms with van der Waals surface area (Å²) in [5.74, 6) is -0.851. The summed E-state index contributed by atoms with van der Waals surface area (Å²) in [7, 11) is 0. The molecule has 1 N–H and O–H groups in total. The summed E-state index contributed by atoms with van der Waals surface area (Å²) in [5, 5.41) is 9.60. The number of carboxylic acid groups (broad SMARTS) is 1. The van der Waals surface area contributed by atoms with E-state index in [1.54, 1.807) is 6.07 Å². The van der Waals surface area contributed by atoms with Gasteiger partial charge in [0.05, 0.1) is 23.1 Å². The number of unbranched alkanes of at least 4 members (excludes halogenated alkanes) is 14. The minimum Gasteiger partial charge on any atom is -0.478 e. The van der Waals surface area contributed by atoms with Gasteiger partial charge in [-0.15, -0.1) is 0 Å². The van der Waals surface area contributed by atoms with Crippen LogP contribution in [0.1, 0.15) is 138 Å². The summed E-state index contributed by atoms with van der Waals surface area (Å²) in [6, 6.07) is 5.59. The van der Waals surface area contributed by atoms with Crippen LogP contribution in [0.5, 0.6) is 0 Å². The quantitative estimate of drug-likeness (QED) is 0.192. The number of nitrogens with zero attached hydrogens (tertiary/aromatic N) is 2. The molecule has 0 radical (unpaired) electrons. The van der Waals surface area contributed by atoms with E-state index in [0.29, 0.717) is 5.56 Å². The minimum atomic E-state index is -0.851. The van der Waals surface area contributed by atoms with E-state index >= 15 is 0 Å². The van der Waals surface area contributed by atoms with Crippen molar-refractivity contribution >= 4 is 5.97 Å². The van der Waals surface area contributed by atoms with Crippen LogP contribution >= 0.6 is 0 Å². The molecule has 35 heavy (non-hydrogen) atoms. The third kappa shape index (κ3) is 11.8. The van der Waals surface area contributed by atoms with Gasteiger partial charge in [-0.3, -0.25) is 9.97 Å². The SMILES string of the molecule is CCCCCCCCCCCCc1cnc(-c2ccc(C(=O)O)c(CCCCCCCC)c2)cn1. The van der Waals surface area contributed by atoms with Gasteiger partial charge in [-0.25, -0.2) is 4.79 Å². The van der Waals surface area contributed by atoms with Crippen LogP contribution in [0.3, 0.4) is 0 Å². The summed E-state index contributed by atoms with van der Waals surface area (Å²) in [4.78, 5) is 21.0. The van der Waals surface area contributed by atoms with Gasteiger partial charge in [0.2, 0.25) is 0 Å². The Balaban J connectivity index is 1.78. The van der Waals surface area contributed by atoms with E-state index in [9.17, 15) is 9.90 Å². The maximum absolute atomic E-state index is 11.7. The van der Waals surface area contributed by atoms with Gasteiger partial charge in [-0.1, -0.05) is 110 Å². The number of aryl methyl sites for hydroxylation is 2. The lowest BCUT2D eigenvalue weighted by Gasteiger charge is -2.10. The highest BCUT2D eigenvalue weighted by atomic mass is 16.4. The average molecular weight is 481 g/mol. The third-order valence-electron chi connectivity index (χ3n) is 6.92. The molecule has 4 heteroatoms. The highest BCUT2D eigenvalue weighted by Gasteiger charge is 2.12. The van der Waals surface area contributed by atoms with Gasteiger partial charge in [0.15, 0.2) is 0 Å². The Labute approximate surface area is 214 Å². The minimum absolute atomic E-state index is 0.410. The number of hydrogen-bond donors (Lipinski definition) is 1. The van der Waals surface area contributed by atoms with Gasteiger partial charge in [-0.05, 0) is 43.4 Å². The van der Waals surface area contributed by atoms with E-state index in [1.165, 1.54) is 89.9 Å². The molecule has 0 spiro atoms. The molecule has 0 saturated carbocycles. The molecular formula is C31H48N2O2. The summed E-state index contributed by atoms with van der Waals surface area (Å²) in [6.07, 6.45) is 26.1. The first-order valence-electron chi connectivity index (χ1n) is 14.3. The topological polar surface area (TPSA) is 63.1 Å². The van der Waals surface area contributed by atoms with Crippen molar-refractivity contribution in [3.8, 4) is 11.3 Å². The maximum Gasteiger partial charge on any atom is 0.335 e. The van der Waals surface area contributed by atoms with Crippen LogP contribution in [0.25, 0.3) is 11.3 Å². The smallest absolute Gasteiger partial charge is 0.335 e. The molecule has 0 aliphatic heterocycles. The van der Waals surface area contributed by atoms with E-state index in [-0.39, 0.29) is 0 Å². The van der Waals surface area contributed by atoms with Gasteiger partial charge in [0, 0.05) is 11.8 Å². The van der Waals surface area contributed by atoms with Crippen LogP contribution in [0, 0.1) is 0 Å². The molecule has 4 nitrogen and oxygen atoms in total. The number of aromatic carboxylic acids is 1. The van der Waals surface area contributed by atoms with Crippen molar-refractivity contribution in [1.82, 2.24) is 9.97 Å². The molecule has 0 fully saturated rings. The molecule has 0 unspecified atom stereocenters. The second-order valence-corrected chi connectivity index (χ2v) is 10.0. The highest BCUT2D eigenvalue weighted by Crippen LogP contribution is 2.23. The standard InChI is InChI=1S/C31H48N2O2/c1-3-5-7-9-11-12-13-14-16-18-20-28-24-33-30(25-32-28)27-21-22-29(31(34)35)26(23-27)19-17-15-10-8-6-4-2/h21-25H,3-20H2,1-2H3,(H,34,35). The Hall–Kier alpha value is -2.23. The molecule has 0 bridgehead atoms. The first-order chi connectivity index (χ1) is 17.2. The van der Waals surface area contributed by atoms with E-state index in [1.807, 2.05) is 24.5 Å². The Morgan fingerprint density at radius 3 is 1.74 bits per heavy atom. The van der Waals surface area contributed by atoms with E-state index in [2.05, 4.69) is 23.8 Å². The molecular weight excluding hydrogens is 432 g/mol. The normalized spacial score (nSPS) is 11.1. The lowest BCUT2D eigenvalue weighted by Crippen LogP contribution is -2.03. The molecule has 0 atom stereocenters. The molecule has 2 aromatic rings. The van der Waals surface area contributed by atoms with Gasteiger partial charge < -0.3 is 5.11 Å². The maximum atomic E-state index is 11.7. The van der Waals surface area contributed by atoms with Crippen molar-refractivity contribution in [2.45, 2.75) is 129 Å². The number of benzene rings is 1. The summed E-state index contributed by atoms with van der Waals surface area (Å²) in [5.41, 5.74) is 4.13. The second-order valence-electron chi connectivity index (χ2n) is 10.0. The second kappa shape index (κ2) is 18.1. The fourth-order valence-corrected chi connectivity index (χ4v) is 4.69. The monoisotopic (exact) mass is 480 g/mol. The van der Waals surface area contributed by atoms with Crippen LogP contribution in [0.4, 0.5) is 0 Å². The Bertz CT molecular complexity index is 832. The van der Waals surface area contributed by atoms with Crippen molar-refractivity contribution in [2.75, 3.05) is 0 Å². The predicted octanol–water partition coefficient (Wildman–Crippen LogP) is 9.21. The van der Waals surface area contributed by atoms with Crippen LogP contribution in [-0.2, 0) is 12.8 Å². The number of carbonyl (C=O) groups is 1. The Morgan fingerprint density at radius 2 is 1.23 bits per heavy atom. The molecule has 2 rings (SSSR count). The van der Waals surface area contributed by atoms with E-state index in [4.69, 9.17) is 0 Å². The van der Waals surface area contributed by atoms with Crippen molar-refractivity contribution in [3.05, 3.63) is 47.4 Å². The molecule has 1 aromatic carbocycles. The van der Waals surface area contributed by atoms with Crippen LogP contribution in [0.2, 0.25) is 0 Å². The van der Waals surface area contributed by atoms with Crippen molar-refractivity contribution in [1.29, 1.82) is 0 Å². The first kappa shape index (κ1) is 29.0. The van der Waals surface area contributed by atoms with Crippen molar-refractivity contribution in [3.63, 3.8) is 0 Å². The van der Waals surface area contributed by atoms with Gasteiger partial charge in [-0.2, -0.15) is 0 Å². The van der Waals surface area contributed by atoms with Crippen LogP contribution < -0.4 is 0 Å². The molecule has 0 amide bonds. The molecule has 0 aliphatic rings. The number of rotatable bonds is 20. The fourth-order valence-electron chi connectivity index (χ4n) is 4.69. The molecule has 0 aliphatic carbocycles. The van der Waals surface area contributed by atoms with Gasteiger partial charge in [0.1, 0.15) is 0 Å². The zero-order valence-electron chi connectivity index (χ0n) is 22.4. The molecule has 194 valence electrons. The van der Waals surface area contributed by atoms with Crippen LogP contribution in [-0.4, -0.2) is 21.0 Å². The van der Waals surface area contributed by atoms with Crippen LogP contribution in [0.15, 0.2) is 30.6 Å². The predicted molar refractivity (Wildman–Crippen MR) is 147 cm³/mol. The van der Waals surface area contributed by atoms with E-state index < -0.39 is 5.97 Å². The molecule has 0 saturated heterocycles. The van der Waals surface area contributed by atoms with Gasteiger partial charge >= 0.3 is 5.97 Å². The third-order valence-corrected chi connectivity index (χ3v) is 6.92. The summed E-state index contributed by atoms with van der Waals surface area (Å²) in [6.45, 7) is 4.49. The summed E-state index contributed by atoms with van der Waals surface area (Å²) < 4.78 is 0. The average Bonchev–Trinajstić information content (AvgIpc) is 2.87. The van der Waals surface area contributed by atoms with Crippen molar-refractivity contribution < 1.29 is 9.90 Å².